The number of thiazole rings is 1. The number of methoxy groups -OCH3 is 1. The summed E-state index contributed by atoms with van der Waals surface area (Å²) in [5.74, 6) is 0. The lowest BCUT2D eigenvalue weighted by molar-refractivity contribution is 0.181. The second-order valence-corrected chi connectivity index (χ2v) is 6.01. The molecule has 0 saturated carbocycles. The van der Waals surface area contributed by atoms with Crippen LogP contribution in [0, 0.1) is 0 Å². The van der Waals surface area contributed by atoms with Gasteiger partial charge in [-0.25, -0.2) is 4.98 Å². The summed E-state index contributed by atoms with van der Waals surface area (Å²) in [5.41, 5.74) is 1.08. The summed E-state index contributed by atoms with van der Waals surface area (Å²) in [7, 11) is 5.85. The lowest BCUT2D eigenvalue weighted by Crippen LogP contribution is -2.24. The van der Waals surface area contributed by atoms with Gasteiger partial charge in [-0.3, -0.25) is 0 Å². The van der Waals surface area contributed by atoms with E-state index in [2.05, 4.69) is 43.1 Å². The summed E-state index contributed by atoms with van der Waals surface area (Å²) in [4.78, 5) is 8.10. The highest BCUT2D eigenvalue weighted by Crippen LogP contribution is 2.20. The maximum atomic E-state index is 5.22. The number of nitrogens with one attached hydrogen (secondary N) is 1. The van der Waals surface area contributed by atoms with Crippen molar-refractivity contribution in [1.82, 2.24) is 15.2 Å². The highest BCUT2D eigenvalue weighted by atomic mass is 32.1. The molecule has 1 aromatic rings. The summed E-state index contributed by atoms with van der Waals surface area (Å²) in [6.45, 7) is 6.78. The Balaban J connectivity index is 2.70. The van der Waals surface area contributed by atoms with Gasteiger partial charge in [0.15, 0.2) is 0 Å². The monoisotopic (exact) mass is 271 g/mol. The standard InChI is InChI=1S/C13H25N3OS/c1-6-10(2)14-7-12-11(9-17-5)15-13(18-12)8-16(3)4/h10,14H,6-9H2,1-5H3. The van der Waals surface area contributed by atoms with Crippen molar-refractivity contribution in [1.29, 1.82) is 0 Å². The van der Waals surface area contributed by atoms with Gasteiger partial charge in [0.25, 0.3) is 0 Å². The van der Waals surface area contributed by atoms with Crippen molar-refractivity contribution in [3.05, 3.63) is 15.6 Å². The fourth-order valence-corrected chi connectivity index (χ4v) is 2.71. The Labute approximate surface area is 114 Å². The molecule has 0 aliphatic heterocycles. The van der Waals surface area contributed by atoms with Crippen LogP contribution in [0.1, 0.15) is 35.8 Å². The lowest BCUT2D eigenvalue weighted by Gasteiger charge is -2.10. The molecule has 4 nitrogen and oxygen atoms in total. The number of nitrogens with zero attached hydrogens (tertiary/aromatic N) is 2. The highest BCUT2D eigenvalue weighted by molar-refractivity contribution is 7.11. The summed E-state index contributed by atoms with van der Waals surface area (Å²) in [6.07, 6.45) is 1.14. The van der Waals surface area contributed by atoms with Crippen molar-refractivity contribution in [2.45, 2.75) is 46.0 Å². The molecular formula is C13H25N3OS. The zero-order valence-electron chi connectivity index (χ0n) is 12.1. The van der Waals surface area contributed by atoms with Gasteiger partial charge >= 0.3 is 0 Å². The van der Waals surface area contributed by atoms with Crippen LogP contribution in [0.2, 0.25) is 0 Å². The Hall–Kier alpha value is -0.490. The minimum atomic E-state index is 0.541. The molecule has 1 heterocycles. The largest absolute Gasteiger partial charge is 0.378 e. The van der Waals surface area contributed by atoms with Gasteiger partial charge in [0.2, 0.25) is 0 Å². The Morgan fingerprint density at radius 2 is 2.17 bits per heavy atom. The first-order valence-corrected chi connectivity index (χ1v) is 7.23. The van der Waals surface area contributed by atoms with E-state index >= 15 is 0 Å². The van der Waals surface area contributed by atoms with Crippen LogP contribution in [-0.2, 0) is 24.4 Å². The predicted octanol–water partition coefficient (Wildman–Crippen LogP) is 2.24. The van der Waals surface area contributed by atoms with Crippen LogP contribution in [0.5, 0.6) is 0 Å². The molecule has 0 aromatic carbocycles. The van der Waals surface area contributed by atoms with E-state index in [9.17, 15) is 0 Å². The molecular weight excluding hydrogens is 246 g/mol. The van der Waals surface area contributed by atoms with Crippen LogP contribution >= 0.6 is 11.3 Å². The number of hydrogen-bond donors (Lipinski definition) is 1. The first-order chi connectivity index (χ1) is 8.56. The average Bonchev–Trinajstić information content (AvgIpc) is 2.67. The number of ether oxygens (including phenoxy) is 1. The first kappa shape index (κ1) is 15.6. The van der Waals surface area contributed by atoms with Crippen molar-refractivity contribution in [2.75, 3.05) is 21.2 Å². The van der Waals surface area contributed by atoms with Crippen molar-refractivity contribution >= 4 is 11.3 Å². The Morgan fingerprint density at radius 1 is 1.44 bits per heavy atom. The Morgan fingerprint density at radius 3 is 2.72 bits per heavy atom. The van der Waals surface area contributed by atoms with Gasteiger partial charge in [0.05, 0.1) is 12.3 Å². The predicted molar refractivity (Wildman–Crippen MR) is 76.8 cm³/mol. The van der Waals surface area contributed by atoms with E-state index in [1.54, 1.807) is 18.4 Å². The first-order valence-electron chi connectivity index (χ1n) is 6.41. The molecule has 0 amide bonds. The number of hydrogen-bond acceptors (Lipinski definition) is 5. The van der Waals surface area contributed by atoms with Crippen LogP contribution in [0.15, 0.2) is 0 Å². The van der Waals surface area contributed by atoms with Crippen LogP contribution < -0.4 is 5.32 Å². The zero-order chi connectivity index (χ0) is 13.5. The molecule has 18 heavy (non-hydrogen) atoms. The normalized spacial score (nSPS) is 13.2. The molecule has 1 unspecified atom stereocenters. The maximum Gasteiger partial charge on any atom is 0.107 e. The molecule has 0 saturated heterocycles. The molecule has 0 aliphatic carbocycles. The van der Waals surface area contributed by atoms with E-state index in [-0.39, 0.29) is 0 Å². The molecule has 0 aliphatic rings. The third-order valence-corrected chi connectivity index (χ3v) is 3.86. The van der Waals surface area contributed by atoms with E-state index in [1.165, 1.54) is 4.88 Å². The van der Waals surface area contributed by atoms with Crippen LogP contribution in [0.4, 0.5) is 0 Å². The van der Waals surface area contributed by atoms with Gasteiger partial charge in [0.1, 0.15) is 5.01 Å². The molecule has 0 radical (unpaired) electrons. The average molecular weight is 271 g/mol. The molecule has 0 bridgehead atoms. The van der Waals surface area contributed by atoms with Gasteiger partial charge < -0.3 is 15.0 Å². The van der Waals surface area contributed by atoms with Crippen LogP contribution in [-0.4, -0.2) is 37.1 Å². The van der Waals surface area contributed by atoms with E-state index < -0.39 is 0 Å². The van der Waals surface area contributed by atoms with E-state index in [0.29, 0.717) is 12.6 Å². The van der Waals surface area contributed by atoms with Crippen molar-refractivity contribution < 1.29 is 4.74 Å². The third kappa shape index (κ3) is 5.02. The SMILES string of the molecule is CCC(C)NCc1sc(CN(C)C)nc1COC. The maximum absolute atomic E-state index is 5.22. The van der Waals surface area contributed by atoms with Gasteiger partial charge in [-0.1, -0.05) is 6.92 Å². The minimum Gasteiger partial charge on any atom is -0.378 e. The highest BCUT2D eigenvalue weighted by Gasteiger charge is 2.12. The second-order valence-electron chi connectivity index (χ2n) is 4.84. The summed E-state index contributed by atoms with van der Waals surface area (Å²) < 4.78 is 5.22. The quantitative estimate of drug-likeness (QED) is 0.787. The van der Waals surface area contributed by atoms with E-state index in [4.69, 9.17) is 4.74 Å². The summed E-state index contributed by atoms with van der Waals surface area (Å²) in [6, 6.07) is 0.541. The number of rotatable bonds is 8. The molecule has 1 atom stereocenters. The zero-order valence-corrected chi connectivity index (χ0v) is 12.9. The molecule has 0 fully saturated rings. The molecule has 1 rings (SSSR count). The van der Waals surface area contributed by atoms with Crippen molar-refractivity contribution in [3.63, 3.8) is 0 Å². The third-order valence-electron chi connectivity index (χ3n) is 2.78. The molecule has 1 N–H and O–H groups in total. The van der Waals surface area contributed by atoms with E-state index in [1.807, 2.05) is 0 Å². The fourth-order valence-electron chi connectivity index (χ4n) is 1.57. The fraction of sp³-hybridized carbons (Fsp3) is 0.769. The molecule has 5 heteroatoms. The van der Waals surface area contributed by atoms with Gasteiger partial charge in [0, 0.05) is 31.1 Å². The van der Waals surface area contributed by atoms with Gasteiger partial charge in [-0.2, -0.15) is 0 Å². The summed E-state index contributed by atoms with van der Waals surface area (Å²) in [5, 5.41) is 4.68. The van der Waals surface area contributed by atoms with E-state index in [0.717, 1.165) is 30.2 Å². The smallest absolute Gasteiger partial charge is 0.107 e. The number of aromatic nitrogens is 1. The van der Waals surface area contributed by atoms with Crippen molar-refractivity contribution in [2.24, 2.45) is 0 Å². The lowest BCUT2D eigenvalue weighted by atomic mass is 10.2. The van der Waals surface area contributed by atoms with Gasteiger partial charge in [-0.05, 0) is 27.4 Å². The van der Waals surface area contributed by atoms with Gasteiger partial charge in [-0.15, -0.1) is 11.3 Å². The Kier molecular flexibility index (Phi) is 6.78. The minimum absolute atomic E-state index is 0.541. The molecule has 0 spiro atoms. The molecule has 1 aromatic heterocycles. The Bertz CT molecular complexity index is 352. The molecule has 104 valence electrons. The van der Waals surface area contributed by atoms with Crippen LogP contribution in [0.3, 0.4) is 0 Å². The second kappa shape index (κ2) is 7.84. The van der Waals surface area contributed by atoms with Crippen molar-refractivity contribution in [3.8, 4) is 0 Å². The topological polar surface area (TPSA) is 37.4 Å². The van der Waals surface area contributed by atoms with Crippen LogP contribution in [0.25, 0.3) is 0 Å². The summed E-state index contributed by atoms with van der Waals surface area (Å²) >= 11 is 1.78.